The standard InChI is InChI=1S/C16H36N2O2/c1-5-19-14-12-18(13-15-20-6-2)11-7-8-16(3,4)9-10-17/h5-15,17H2,1-4H3. The molecule has 2 N–H and O–H groups in total. The molecule has 0 bridgehead atoms. The summed E-state index contributed by atoms with van der Waals surface area (Å²) < 4.78 is 10.9. The molecule has 0 aromatic heterocycles. The van der Waals surface area contributed by atoms with Crippen molar-refractivity contribution in [2.75, 3.05) is 52.6 Å². The van der Waals surface area contributed by atoms with E-state index in [4.69, 9.17) is 15.2 Å². The van der Waals surface area contributed by atoms with Crippen molar-refractivity contribution >= 4 is 0 Å². The summed E-state index contributed by atoms with van der Waals surface area (Å²) in [6.07, 6.45) is 3.54. The first-order valence-electron chi connectivity index (χ1n) is 8.13. The quantitative estimate of drug-likeness (QED) is 0.499. The summed E-state index contributed by atoms with van der Waals surface area (Å²) in [5, 5.41) is 0. The van der Waals surface area contributed by atoms with Gasteiger partial charge >= 0.3 is 0 Å². The summed E-state index contributed by atoms with van der Waals surface area (Å²) in [5.41, 5.74) is 6.03. The third-order valence-electron chi connectivity index (χ3n) is 3.66. The zero-order valence-electron chi connectivity index (χ0n) is 14.1. The highest BCUT2D eigenvalue weighted by atomic mass is 16.5. The number of rotatable bonds is 14. The molecule has 0 heterocycles. The summed E-state index contributed by atoms with van der Waals surface area (Å²) in [5.74, 6) is 0. The highest BCUT2D eigenvalue weighted by Crippen LogP contribution is 2.25. The van der Waals surface area contributed by atoms with E-state index < -0.39 is 0 Å². The zero-order valence-corrected chi connectivity index (χ0v) is 14.1. The van der Waals surface area contributed by atoms with Crippen molar-refractivity contribution in [1.29, 1.82) is 0 Å². The van der Waals surface area contributed by atoms with Crippen molar-refractivity contribution in [3.05, 3.63) is 0 Å². The molecule has 0 aliphatic heterocycles. The molecule has 4 heteroatoms. The van der Waals surface area contributed by atoms with Crippen LogP contribution < -0.4 is 5.73 Å². The lowest BCUT2D eigenvalue weighted by molar-refractivity contribution is 0.0805. The van der Waals surface area contributed by atoms with Crippen molar-refractivity contribution in [3.8, 4) is 0 Å². The van der Waals surface area contributed by atoms with Crippen LogP contribution in [0.4, 0.5) is 0 Å². The second-order valence-electron chi connectivity index (χ2n) is 6.04. The number of ether oxygens (including phenoxy) is 2. The summed E-state index contributed by atoms with van der Waals surface area (Å²) in [7, 11) is 0. The molecule has 0 fully saturated rings. The smallest absolute Gasteiger partial charge is 0.0593 e. The first-order valence-corrected chi connectivity index (χ1v) is 8.13. The Morgan fingerprint density at radius 3 is 1.90 bits per heavy atom. The number of hydrogen-bond donors (Lipinski definition) is 1. The predicted octanol–water partition coefficient (Wildman–Crippen LogP) is 2.52. The summed E-state index contributed by atoms with van der Waals surface area (Å²) in [6, 6.07) is 0. The molecule has 0 radical (unpaired) electrons. The van der Waals surface area contributed by atoms with E-state index in [9.17, 15) is 0 Å². The Hall–Kier alpha value is -0.160. The molecule has 0 atom stereocenters. The van der Waals surface area contributed by atoms with E-state index in [1.165, 1.54) is 12.8 Å². The molecular weight excluding hydrogens is 252 g/mol. The number of nitrogens with two attached hydrogens (primary N) is 1. The molecule has 0 saturated carbocycles. The molecule has 20 heavy (non-hydrogen) atoms. The highest BCUT2D eigenvalue weighted by Gasteiger charge is 2.16. The van der Waals surface area contributed by atoms with E-state index in [1.54, 1.807) is 0 Å². The fourth-order valence-electron chi connectivity index (χ4n) is 2.31. The Morgan fingerprint density at radius 2 is 1.45 bits per heavy atom. The molecule has 0 unspecified atom stereocenters. The van der Waals surface area contributed by atoms with E-state index in [-0.39, 0.29) is 0 Å². The van der Waals surface area contributed by atoms with Crippen LogP contribution in [0.1, 0.15) is 47.0 Å². The van der Waals surface area contributed by atoms with Crippen molar-refractivity contribution < 1.29 is 9.47 Å². The molecule has 0 amide bonds. The van der Waals surface area contributed by atoms with Gasteiger partial charge in [0, 0.05) is 26.3 Å². The van der Waals surface area contributed by atoms with Gasteiger partial charge in [-0.25, -0.2) is 0 Å². The fraction of sp³-hybridized carbons (Fsp3) is 1.00. The average Bonchev–Trinajstić information content (AvgIpc) is 2.38. The van der Waals surface area contributed by atoms with Crippen LogP contribution in [-0.4, -0.2) is 57.5 Å². The van der Waals surface area contributed by atoms with Gasteiger partial charge in [0.1, 0.15) is 0 Å². The number of hydrogen-bond acceptors (Lipinski definition) is 4. The maximum atomic E-state index is 5.66. The Bertz CT molecular complexity index is 201. The van der Waals surface area contributed by atoms with Gasteiger partial charge in [0.2, 0.25) is 0 Å². The van der Waals surface area contributed by atoms with Gasteiger partial charge in [0.25, 0.3) is 0 Å². The fourth-order valence-corrected chi connectivity index (χ4v) is 2.31. The van der Waals surface area contributed by atoms with Crippen LogP contribution in [-0.2, 0) is 9.47 Å². The Labute approximate surface area is 126 Å². The Balaban J connectivity index is 3.93. The summed E-state index contributed by atoms with van der Waals surface area (Å²) in [6.45, 7) is 15.8. The van der Waals surface area contributed by atoms with Gasteiger partial charge in [-0.15, -0.1) is 0 Å². The normalized spacial score (nSPS) is 12.3. The summed E-state index contributed by atoms with van der Waals surface area (Å²) >= 11 is 0. The zero-order chi connectivity index (χ0) is 15.3. The van der Waals surface area contributed by atoms with Gasteiger partial charge in [-0.2, -0.15) is 0 Å². The molecule has 0 rings (SSSR count). The van der Waals surface area contributed by atoms with E-state index >= 15 is 0 Å². The maximum Gasteiger partial charge on any atom is 0.0593 e. The second kappa shape index (κ2) is 12.6. The van der Waals surface area contributed by atoms with Crippen molar-refractivity contribution in [3.63, 3.8) is 0 Å². The lowest BCUT2D eigenvalue weighted by Gasteiger charge is -2.27. The molecular formula is C16H36N2O2. The Morgan fingerprint density at radius 1 is 0.900 bits per heavy atom. The molecule has 0 spiro atoms. The van der Waals surface area contributed by atoms with Crippen LogP contribution in [0.15, 0.2) is 0 Å². The van der Waals surface area contributed by atoms with E-state index in [1.807, 2.05) is 13.8 Å². The number of nitrogens with zero attached hydrogens (tertiary/aromatic N) is 1. The van der Waals surface area contributed by atoms with Gasteiger partial charge in [0.15, 0.2) is 0 Å². The molecule has 0 saturated heterocycles. The van der Waals surface area contributed by atoms with Crippen LogP contribution in [0.2, 0.25) is 0 Å². The molecule has 0 aromatic rings. The van der Waals surface area contributed by atoms with E-state index in [0.29, 0.717) is 5.41 Å². The largest absolute Gasteiger partial charge is 0.380 e. The first-order chi connectivity index (χ1) is 9.55. The third-order valence-corrected chi connectivity index (χ3v) is 3.66. The molecule has 0 aliphatic carbocycles. The van der Waals surface area contributed by atoms with Crippen LogP contribution in [0, 0.1) is 5.41 Å². The van der Waals surface area contributed by atoms with Crippen LogP contribution in [0.3, 0.4) is 0 Å². The first kappa shape index (κ1) is 19.8. The predicted molar refractivity (Wildman–Crippen MR) is 86.1 cm³/mol. The van der Waals surface area contributed by atoms with Crippen LogP contribution in [0.5, 0.6) is 0 Å². The minimum Gasteiger partial charge on any atom is -0.380 e. The van der Waals surface area contributed by atoms with Crippen LogP contribution >= 0.6 is 0 Å². The van der Waals surface area contributed by atoms with Gasteiger partial charge in [-0.05, 0) is 51.6 Å². The summed E-state index contributed by atoms with van der Waals surface area (Å²) in [4.78, 5) is 2.45. The van der Waals surface area contributed by atoms with Gasteiger partial charge in [-0.3, -0.25) is 4.90 Å². The van der Waals surface area contributed by atoms with Gasteiger partial charge in [-0.1, -0.05) is 13.8 Å². The maximum absolute atomic E-state index is 5.66. The lowest BCUT2D eigenvalue weighted by atomic mass is 9.84. The second-order valence-corrected chi connectivity index (χ2v) is 6.04. The topological polar surface area (TPSA) is 47.7 Å². The van der Waals surface area contributed by atoms with E-state index in [0.717, 1.165) is 59.0 Å². The third kappa shape index (κ3) is 11.6. The SMILES string of the molecule is CCOCCN(CCCC(C)(C)CCN)CCOCC. The minimum absolute atomic E-state index is 0.361. The monoisotopic (exact) mass is 288 g/mol. The van der Waals surface area contributed by atoms with E-state index in [2.05, 4.69) is 18.7 Å². The minimum atomic E-state index is 0.361. The Kier molecular flexibility index (Phi) is 12.5. The average molecular weight is 288 g/mol. The van der Waals surface area contributed by atoms with Gasteiger partial charge in [0.05, 0.1) is 13.2 Å². The molecule has 0 aromatic carbocycles. The molecule has 4 nitrogen and oxygen atoms in total. The lowest BCUT2D eigenvalue weighted by Crippen LogP contribution is -2.32. The highest BCUT2D eigenvalue weighted by molar-refractivity contribution is 4.70. The van der Waals surface area contributed by atoms with Crippen LogP contribution in [0.25, 0.3) is 0 Å². The molecule has 0 aliphatic rings. The van der Waals surface area contributed by atoms with Crippen molar-refractivity contribution in [2.45, 2.75) is 47.0 Å². The molecule has 122 valence electrons. The van der Waals surface area contributed by atoms with Gasteiger partial charge < -0.3 is 15.2 Å². The van der Waals surface area contributed by atoms with Crippen molar-refractivity contribution in [1.82, 2.24) is 4.90 Å². The van der Waals surface area contributed by atoms with Crippen molar-refractivity contribution in [2.24, 2.45) is 11.1 Å².